The molecule has 8 heteroatoms. The first-order valence-corrected chi connectivity index (χ1v) is 7.57. The second kappa shape index (κ2) is 6.43. The number of aliphatic carboxylic acids is 1. The number of hydrogen-bond donors (Lipinski definition) is 1. The maximum absolute atomic E-state index is 12.6. The van der Waals surface area contributed by atoms with Crippen molar-refractivity contribution in [3.63, 3.8) is 0 Å². The predicted molar refractivity (Wildman–Crippen MR) is 81.7 cm³/mol. The van der Waals surface area contributed by atoms with Crippen LogP contribution in [-0.2, 0) is 4.79 Å². The van der Waals surface area contributed by atoms with Gasteiger partial charge in [0.1, 0.15) is 0 Å². The standard InChI is InChI=1S/C14H15BrN2O5/c1-8-2-3-9(14(19)20)7-16(8)13(18)10-4-11(15)6-12(5-10)17(21)22/h4-6,8-9H,2-3,7H2,1H3,(H,19,20). The number of non-ortho nitro benzene ring substituents is 1. The quantitative estimate of drug-likeness (QED) is 0.650. The molecule has 22 heavy (non-hydrogen) atoms. The summed E-state index contributed by atoms with van der Waals surface area (Å²) >= 11 is 3.15. The minimum atomic E-state index is -0.926. The van der Waals surface area contributed by atoms with E-state index in [9.17, 15) is 19.7 Å². The lowest BCUT2D eigenvalue weighted by Crippen LogP contribution is -2.47. The summed E-state index contributed by atoms with van der Waals surface area (Å²) in [4.78, 5) is 35.5. The molecule has 1 N–H and O–H groups in total. The zero-order valence-corrected chi connectivity index (χ0v) is 13.4. The van der Waals surface area contributed by atoms with Gasteiger partial charge in [-0.1, -0.05) is 15.9 Å². The summed E-state index contributed by atoms with van der Waals surface area (Å²) in [5, 5.41) is 20.0. The first-order chi connectivity index (χ1) is 10.3. The molecule has 0 spiro atoms. The fourth-order valence-corrected chi connectivity index (χ4v) is 3.04. The van der Waals surface area contributed by atoms with E-state index >= 15 is 0 Å². The van der Waals surface area contributed by atoms with E-state index in [1.807, 2.05) is 6.92 Å². The van der Waals surface area contributed by atoms with Crippen LogP contribution < -0.4 is 0 Å². The lowest BCUT2D eigenvalue weighted by atomic mass is 9.93. The Labute approximate surface area is 135 Å². The summed E-state index contributed by atoms with van der Waals surface area (Å²) in [5.41, 5.74) is -0.00358. The molecule has 0 saturated carbocycles. The van der Waals surface area contributed by atoms with Crippen molar-refractivity contribution in [3.05, 3.63) is 38.3 Å². The van der Waals surface area contributed by atoms with Gasteiger partial charge in [0.2, 0.25) is 0 Å². The molecule has 1 aliphatic rings. The van der Waals surface area contributed by atoms with Gasteiger partial charge in [0, 0.05) is 34.8 Å². The number of piperidine rings is 1. The van der Waals surface area contributed by atoms with Gasteiger partial charge in [-0.15, -0.1) is 0 Å². The van der Waals surface area contributed by atoms with Crippen LogP contribution in [-0.4, -0.2) is 39.4 Å². The average Bonchev–Trinajstić information content (AvgIpc) is 2.46. The topological polar surface area (TPSA) is 101 Å². The van der Waals surface area contributed by atoms with Crippen LogP contribution in [0.4, 0.5) is 5.69 Å². The van der Waals surface area contributed by atoms with Crippen LogP contribution in [0.15, 0.2) is 22.7 Å². The van der Waals surface area contributed by atoms with Crippen molar-refractivity contribution in [2.45, 2.75) is 25.8 Å². The van der Waals surface area contributed by atoms with E-state index in [1.54, 1.807) is 0 Å². The van der Waals surface area contributed by atoms with Gasteiger partial charge in [-0.05, 0) is 25.8 Å². The number of hydrogen-bond acceptors (Lipinski definition) is 4. The normalized spacial score (nSPS) is 21.5. The number of likely N-dealkylation sites (tertiary alicyclic amines) is 1. The van der Waals surface area contributed by atoms with Crippen LogP contribution in [0.3, 0.4) is 0 Å². The Morgan fingerprint density at radius 1 is 1.36 bits per heavy atom. The molecule has 2 unspecified atom stereocenters. The van der Waals surface area contributed by atoms with Crippen LogP contribution in [0.25, 0.3) is 0 Å². The molecule has 1 aromatic rings. The number of carboxylic acids is 1. The van der Waals surface area contributed by atoms with Crippen LogP contribution in [0.2, 0.25) is 0 Å². The van der Waals surface area contributed by atoms with E-state index in [1.165, 1.54) is 23.1 Å². The van der Waals surface area contributed by atoms with E-state index in [-0.39, 0.29) is 29.7 Å². The molecule has 0 radical (unpaired) electrons. The fourth-order valence-electron chi connectivity index (χ4n) is 2.56. The first kappa shape index (κ1) is 16.4. The van der Waals surface area contributed by atoms with Crippen molar-refractivity contribution in [1.82, 2.24) is 4.90 Å². The Balaban J connectivity index is 2.30. The number of carbonyl (C=O) groups excluding carboxylic acids is 1. The molecule has 0 aromatic heterocycles. The number of amides is 1. The Morgan fingerprint density at radius 3 is 2.64 bits per heavy atom. The van der Waals surface area contributed by atoms with E-state index in [0.717, 1.165) is 0 Å². The van der Waals surface area contributed by atoms with E-state index in [0.29, 0.717) is 17.3 Å². The summed E-state index contributed by atoms with van der Waals surface area (Å²) in [5.74, 6) is -1.91. The second-order valence-corrected chi connectivity index (χ2v) is 6.29. The van der Waals surface area contributed by atoms with Crippen molar-refractivity contribution in [2.75, 3.05) is 6.54 Å². The van der Waals surface area contributed by atoms with Gasteiger partial charge in [-0.2, -0.15) is 0 Å². The van der Waals surface area contributed by atoms with Crippen LogP contribution in [0.5, 0.6) is 0 Å². The number of carboxylic acid groups (broad SMARTS) is 1. The van der Waals surface area contributed by atoms with E-state index in [4.69, 9.17) is 5.11 Å². The molecule has 2 atom stereocenters. The highest BCUT2D eigenvalue weighted by Crippen LogP contribution is 2.27. The molecule has 0 bridgehead atoms. The Bertz CT molecular complexity index is 634. The summed E-state index contributed by atoms with van der Waals surface area (Å²) < 4.78 is 0.435. The van der Waals surface area contributed by atoms with Gasteiger partial charge in [-0.25, -0.2) is 0 Å². The SMILES string of the molecule is CC1CCC(C(=O)O)CN1C(=O)c1cc(Br)cc([N+](=O)[O-])c1. The van der Waals surface area contributed by atoms with Gasteiger partial charge in [0.25, 0.3) is 11.6 Å². The molecule has 1 aliphatic heterocycles. The van der Waals surface area contributed by atoms with Gasteiger partial charge >= 0.3 is 5.97 Å². The average molecular weight is 371 g/mol. The Kier molecular flexibility index (Phi) is 4.80. The van der Waals surface area contributed by atoms with Gasteiger partial charge in [0.15, 0.2) is 0 Å². The fraction of sp³-hybridized carbons (Fsp3) is 0.429. The van der Waals surface area contributed by atoms with Crippen LogP contribution >= 0.6 is 15.9 Å². The summed E-state index contributed by atoms with van der Waals surface area (Å²) in [6.07, 6.45) is 1.12. The van der Waals surface area contributed by atoms with Gasteiger partial charge in [0.05, 0.1) is 10.8 Å². The van der Waals surface area contributed by atoms with Crippen molar-refractivity contribution in [3.8, 4) is 0 Å². The third kappa shape index (κ3) is 3.44. The maximum atomic E-state index is 12.6. The van der Waals surface area contributed by atoms with Gasteiger partial charge in [-0.3, -0.25) is 19.7 Å². The van der Waals surface area contributed by atoms with Crippen molar-refractivity contribution >= 4 is 33.5 Å². The smallest absolute Gasteiger partial charge is 0.308 e. The number of rotatable bonds is 3. The number of halogens is 1. The molecule has 7 nitrogen and oxygen atoms in total. The highest BCUT2D eigenvalue weighted by molar-refractivity contribution is 9.10. The molecular formula is C14H15BrN2O5. The molecule has 118 valence electrons. The monoisotopic (exact) mass is 370 g/mol. The molecule has 1 fully saturated rings. The summed E-state index contributed by atoms with van der Waals surface area (Å²) in [6.45, 7) is 1.97. The molecule has 1 saturated heterocycles. The molecular weight excluding hydrogens is 356 g/mol. The van der Waals surface area contributed by atoms with E-state index < -0.39 is 16.8 Å². The summed E-state index contributed by atoms with van der Waals surface area (Å²) in [7, 11) is 0. The van der Waals surface area contributed by atoms with Crippen molar-refractivity contribution in [2.24, 2.45) is 5.92 Å². The van der Waals surface area contributed by atoms with Crippen molar-refractivity contribution < 1.29 is 19.6 Å². The second-order valence-electron chi connectivity index (χ2n) is 5.37. The minimum absolute atomic E-state index is 0.0962. The van der Waals surface area contributed by atoms with Gasteiger partial charge < -0.3 is 10.0 Å². The first-order valence-electron chi connectivity index (χ1n) is 6.78. The highest BCUT2D eigenvalue weighted by Gasteiger charge is 2.33. The van der Waals surface area contributed by atoms with Crippen LogP contribution in [0.1, 0.15) is 30.1 Å². The number of benzene rings is 1. The Hall–Kier alpha value is -1.96. The third-order valence-electron chi connectivity index (χ3n) is 3.83. The molecule has 1 aromatic carbocycles. The minimum Gasteiger partial charge on any atom is -0.481 e. The lowest BCUT2D eigenvalue weighted by Gasteiger charge is -2.36. The van der Waals surface area contributed by atoms with E-state index in [2.05, 4.69) is 15.9 Å². The van der Waals surface area contributed by atoms with Crippen molar-refractivity contribution in [1.29, 1.82) is 0 Å². The number of carbonyl (C=O) groups is 2. The molecule has 0 aliphatic carbocycles. The molecule has 1 heterocycles. The molecule has 2 rings (SSSR count). The zero-order chi connectivity index (χ0) is 16.4. The lowest BCUT2D eigenvalue weighted by molar-refractivity contribution is -0.385. The maximum Gasteiger partial charge on any atom is 0.308 e. The number of nitro benzene ring substituents is 1. The number of nitro groups is 1. The zero-order valence-electron chi connectivity index (χ0n) is 11.9. The number of nitrogens with zero attached hydrogens (tertiary/aromatic N) is 2. The predicted octanol–water partition coefficient (Wildman–Crippen LogP) is 2.68. The largest absolute Gasteiger partial charge is 0.481 e. The Morgan fingerprint density at radius 2 is 2.05 bits per heavy atom. The van der Waals surface area contributed by atoms with Crippen LogP contribution in [0, 0.1) is 16.0 Å². The molecule has 1 amide bonds. The third-order valence-corrected chi connectivity index (χ3v) is 4.29. The summed E-state index contributed by atoms with van der Waals surface area (Å²) in [6, 6.07) is 3.94. The highest BCUT2D eigenvalue weighted by atomic mass is 79.9.